The van der Waals surface area contributed by atoms with Gasteiger partial charge in [0, 0.05) is 18.0 Å². The van der Waals surface area contributed by atoms with Gasteiger partial charge in [0.2, 0.25) is 0 Å². The molecule has 2 nitrogen and oxygen atoms in total. The van der Waals surface area contributed by atoms with Gasteiger partial charge in [0.25, 0.3) is 0 Å². The highest BCUT2D eigenvalue weighted by molar-refractivity contribution is 5.84. The number of rotatable bonds is 3. The molecule has 0 saturated heterocycles. The first-order valence-corrected chi connectivity index (χ1v) is 5.10. The maximum Gasteiger partial charge on any atom is 0.416 e. The van der Waals surface area contributed by atoms with Gasteiger partial charge in [-0.1, -0.05) is 0 Å². The molecule has 0 bridgehead atoms. The highest BCUT2D eigenvalue weighted by atomic mass is 19.4. The van der Waals surface area contributed by atoms with Gasteiger partial charge in [-0.2, -0.15) is 13.2 Å². The van der Waals surface area contributed by atoms with Crippen molar-refractivity contribution in [3.05, 3.63) is 40.8 Å². The second kappa shape index (κ2) is 4.44. The summed E-state index contributed by atoms with van der Waals surface area (Å²) in [5, 5.41) is 0. The molecule has 1 aromatic rings. The molecule has 0 amide bonds. The summed E-state index contributed by atoms with van der Waals surface area (Å²) in [5.74, 6) is -1.22. The minimum atomic E-state index is -4.56. The van der Waals surface area contributed by atoms with Crippen molar-refractivity contribution >= 4 is 6.21 Å². The summed E-state index contributed by atoms with van der Waals surface area (Å²) in [7, 11) is 0. The Morgan fingerprint density at radius 2 is 1.94 bits per heavy atom. The number of hydrogen-bond acceptors (Lipinski definition) is 2. The largest absolute Gasteiger partial charge is 0.486 e. The van der Waals surface area contributed by atoms with Gasteiger partial charge in [-0.05, 0) is 24.6 Å². The van der Waals surface area contributed by atoms with Gasteiger partial charge in [-0.3, -0.25) is 4.99 Å². The SMILES string of the molecule is Cc1cc(OCC2=CN=C2)c(F)cc1C(F)(F)F. The summed E-state index contributed by atoms with van der Waals surface area (Å²) in [4.78, 5) is 3.69. The van der Waals surface area contributed by atoms with Crippen LogP contribution in [0.1, 0.15) is 11.1 Å². The van der Waals surface area contributed by atoms with E-state index in [1.54, 1.807) is 0 Å². The zero-order valence-corrected chi connectivity index (χ0v) is 9.38. The van der Waals surface area contributed by atoms with E-state index >= 15 is 0 Å². The number of alkyl halides is 3. The van der Waals surface area contributed by atoms with E-state index in [4.69, 9.17) is 4.74 Å². The number of aliphatic imine (C=N–C) groups is 1. The lowest BCUT2D eigenvalue weighted by molar-refractivity contribution is -0.138. The van der Waals surface area contributed by atoms with Crippen molar-refractivity contribution in [1.29, 1.82) is 0 Å². The van der Waals surface area contributed by atoms with Crippen LogP contribution < -0.4 is 4.74 Å². The molecule has 18 heavy (non-hydrogen) atoms. The van der Waals surface area contributed by atoms with E-state index in [0.717, 1.165) is 11.6 Å². The number of halogens is 4. The molecule has 0 saturated carbocycles. The molecule has 1 heterocycles. The fraction of sp³-hybridized carbons (Fsp3) is 0.250. The summed E-state index contributed by atoms with van der Waals surface area (Å²) < 4.78 is 56.1. The Hall–Kier alpha value is -1.85. The van der Waals surface area contributed by atoms with Crippen LogP contribution in [-0.4, -0.2) is 12.8 Å². The predicted molar refractivity (Wildman–Crippen MR) is 58.2 cm³/mol. The summed E-state index contributed by atoms with van der Waals surface area (Å²) in [6.45, 7) is 1.35. The second-order valence-corrected chi connectivity index (χ2v) is 3.87. The summed E-state index contributed by atoms with van der Waals surface area (Å²) in [5.41, 5.74) is -0.307. The molecule has 0 aliphatic carbocycles. The molecule has 0 atom stereocenters. The van der Waals surface area contributed by atoms with Gasteiger partial charge in [0.15, 0.2) is 11.6 Å². The maximum absolute atomic E-state index is 13.5. The van der Waals surface area contributed by atoms with E-state index in [-0.39, 0.29) is 17.9 Å². The molecule has 0 radical (unpaired) electrons. The van der Waals surface area contributed by atoms with Crippen molar-refractivity contribution < 1.29 is 22.3 Å². The van der Waals surface area contributed by atoms with Crippen molar-refractivity contribution in [3.63, 3.8) is 0 Å². The molecule has 0 unspecified atom stereocenters. The number of aryl methyl sites for hydroxylation is 1. The number of nitrogens with zero attached hydrogens (tertiary/aromatic N) is 1. The van der Waals surface area contributed by atoms with Gasteiger partial charge in [0.05, 0.1) is 5.56 Å². The molecule has 0 N–H and O–H groups in total. The Labute approximate surface area is 101 Å². The lowest BCUT2D eigenvalue weighted by Gasteiger charge is -2.14. The monoisotopic (exact) mass is 259 g/mol. The van der Waals surface area contributed by atoms with Crippen molar-refractivity contribution in [3.8, 4) is 5.75 Å². The van der Waals surface area contributed by atoms with Gasteiger partial charge in [-0.15, -0.1) is 0 Å². The third kappa shape index (κ3) is 2.52. The second-order valence-electron chi connectivity index (χ2n) is 3.87. The fourth-order valence-corrected chi connectivity index (χ4v) is 1.49. The van der Waals surface area contributed by atoms with Gasteiger partial charge >= 0.3 is 6.18 Å². The van der Waals surface area contributed by atoms with Crippen LogP contribution in [0.4, 0.5) is 17.6 Å². The Balaban J connectivity index is 2.19. The third-order valence-corrected chi connectivity index (χ3v) is 2.46. The van der Waals surface area contributed by atoms with E-state index < -0.39 is 17.6 Å². The lowest BCUT2D eigenvalue weighted by atomic mass is 10.1. The molecule has 1 aliphatic heterocycles. The highest BCUT2D eigenvalue weighted by Crippen LogP contribution is 2.35. The third-order valence-electron chi connectivity index (χ3n) is 2.46. The normalized spacial score (nSPS) is 14.2. The molecule has 0 fully saturated rings. The zero-order valence-electron chi connectivity index (χ0n) is 9.38. The number of hydrogen-bond donors (Lipinski definition) is 0. The fourth-order valence-electron chi connectivity index (χ4n) is 1.49. The van der Waals surface area contributed by atoms with Crippen LogP contribution in [-0.2, 0) is 6.18 Å². The first-order chi connectivity index (χ1) is 8.38. The summed E-state index contributed by atoms with van der Waals surface area (Å²) in [6, 6.07) is 1.50. The Kier molecular flexibility index (Phi) is 3.11. The summed E-state index contributed by atoms with van der Waals surface area (Å²) in [6.07, 6.45) is -1.49. The molecular weight excluding hydrogens is 250 g/mol. The molecule has 1 aromatic carbocycles. The number of ether oxygens (including phenoxy) is 1. The van der Waals surface area contributed by atoms with Crippen LogP contribution in [0, 0.1) is 12.7 Å². The molecule has 1 aliphatic rings. The molecule has 2 rings (SSSR count). The van der Waals surface area contributed by atoms with Crippen molar-refractivity contribution in [1.82, 2.24) is 0 Å². The highest BCUT2D eigenvalue weighted by Gasteiger charge is 2.33. The van der Waals surface area contributed by atoms with E-state index in [1.165, 1.54) is 19.3 Å². The summed E-state index contributed by atoms with van der Waals surface area (Å²) >= 11 is 0. The van der Waals surface area contributed by atoms with Crippen LogP contribution in [0.2, 0.25) is 0 Å². The molecule has 96 valence electrons. The quantitative estimate of drug-likeness (QED) is 0.761. The topological polar surface area (TPSA) is 21.6 Å². The van der Waals surface area contributed by atoms with Crippen LogP contribution >= 0.6 is 0 Å². The van der Waals surface area contributed by atoms with Gasteiger partial charge in [0.1, 0.15) is 6.61 Å². The Bertz CT molecular complexity index is 532. The minimum Gasteiger partial charge on any atom is -0.486 e. The van der Waals surface area contributed by atoms with Crippen LogP contribution in [0.3, 0.4) is 0 Å². The van der Waals surface area contributed by atoms with Gasteiger partial charge in [-0.25, -0.2) is 4.39 Å². The van der Waals surface area contributed by atoms with E-state index in [2.05, 4.69) is 4.99 Å². The Morgan fingerprint density at radius 3 is 2.44 bits per heavy atom. The van der Waals surface area contributed by atoms with E-state index in [9.17, 15) is 17.6 Å². The smallest absolute Gasteiger partial charge is 0.416 e. The van der Waals surface area contributed by atoms with E-state index in [0.29, 0.717) is 6.07 Å². The zero-order chi connectivity index (χ0) is 13.3. The average molecular weight is 259 g/mol. The minimum absolute atomic E-state index is 0.0739. The molecule has 6 heteroatoms. The number of benzene rings is 1. The Morgan fingerprint density at radius 1 is 1.28 bits per heavy atom. The average Bonchev–Trinajstić information content (AvgIpc) is 2.18. The van der Waals surface area contributed by atoms with Crippen molar-refractivity contribution in [2.45, 2.75) is 13.1 Å². The first kappa shape index (κ1) is 12.6. The van der Waals surface area contributed by atoms with E-state index in [1.807, 2.05) is 0 Å². The lowest BCUT2D eigenvalue weighted by Crippen LogP contribution is -2.11. The van der Waals surface area contributed by atoms with Crippen LogP contribution in [0.15, 0.2) is 28.9 Å². The van der Waals surface area contributed by atoms with Crippen molar-refractivity contribution in [2.75, 3.05) is 6.61 Å². The van der Waals surface area contributed by atoms with Crippen LogP contribution in [0.5, 0.6) is 5.75 Å². The van der Waals surface area contributed by atoms with Crippen LogP contribution in [0.25, 0.3) is 0 Å². The van der Waals surface area contributed by atoms with Crippen molar-refractivity contribution in [2.24, 2.45) is 4.99 Å². The standard InChI is InChI=1S/C12H9F4NO/c1-7-2-11(18-6-8-4-17-5-8)10(13)3-9(7)12(14,15)16/h2-5H,6H2,1H3. The predicted octanol–water partition coefficient (Wildman–Crippen LogP) is 3.50. The molecule has 0 aromatic heterocycles. The molecular formula is C12H9F4NO. The first-order valence-electron chi connectivity index (χ1n) is 5.10. The molecule has 0 spiro atoms. The van der Waals surface area contributed by atoms with Gasteiger partial charge < -0.3 is 4.74 Å². The maximum atomic E-state index is 13.5.